The predicted octanol–water partition coefficient (Wildman–Crippen LogP) is 2.02. The number of hydrogen-bond acceptors (Lipinski definition) is 4. The van der Waals surface area contributed by atoms with Crippen LogP contribution in [0.1, 0.15) is 20.8 Å². The first-order valence-corrected chi connectivity index (χ1v) is 5.99. The summed E-state index contributed by atoms with van der Waals surface area (Å²) in [5.74, 6) is -2.51. The van der Waals surface area contributed by atoms with Crippen LogP contribution in [0.5, 0.6) is 0 Å². The Bertz CT molecular complexity index is 704. The molecule has 2 aromatic rings. The Morgan fingerprint density at radius 2 is 1.90 bits per heavy atom. The molecule has 1 aromatic heterocycles. The lowest BCUT2D eigenvalue weighted by Crippen LogP contribution is -2.19. The maximum absolute atomic E-state index is 13.6. The lowest BCUT2D eigenvalue weighted by atomic mass is 10.2. The minimum absolute atomic E-state index is 0.213. The van der Waals surface area contributed by atoms with Crippen LogP contribution in [-0.2, 0) is 0 Å². The maximum atomic E-state index is 13.6. The Hall–Kier alpha value is -2.96. The van der Waals surface area contributed by atoms with Crippen LogP contribution in [0.3, 0.4) is 0 Å². The molecular weight excluding hydrogens is 277 g/mol. The Balaban J connectivity index is 2.24. The van der Waals surface area contributed by atoms with Gasteiger partial charge in [-0.15, -0.1) is 0 Å². The molecule has 0 saturated heterocycles. The van der Waals surface area contributed by atoms with Crippen LogP contribution >= 0.6 is 0 Å². The Morgan fingerprint density at radius 3 is 2.52 bits per heavy atom. The smallest absolute Gasteiger partial charge is 0.338 e. The zero-order valence-corrected chi connectivity index (χ0v) is 11.1. The Kier molecular flexibility index (Phi) is 4.13. The zero-order valence-electron chi connectivity index (χ0n) is 11.1. The highest BCUT2D eigenvalue weighted by atomic mass is 19.1. The van der Waals surface area contributed by atoms with Gasteiger partial charge in [-0.2, -0.15) is 0 Å². The first-order valence-electron chi connectivity index (χ1n) is 5.99. The molecule has 0 fully saturated rings. The summed E-state index contributed by atoms with van der Waals surface area (Å²) in [5.41, 5.74) is 0.712. The average molecular weight is 289 g/mol. The van der Waals surface area contributed by atoms with E-state index < -0.39 is 17.3 Å². The Morgan fingerprint density at radius 1 is 1.19 bits per heavy atom. The molecule has 0 unspecified atom stereocenters. The van der Waals surface area contributed by atoms with Gasteiger partial charge in [-0.25, -0.2) is 9.18 Å². The Labute approximate surface area is 119 Å². The number of hydrogen-bond donors (Lipinski definition) is 3. The lowest BCUT2D eigenvalue weighted by Gasteiger charge is -2.08. The van der Waals surface area contributed by atoms with Crippen LogP contribution in [0.15, 0.2) is 36.5 Å². The number of benzene rings is 1. The fraction of sp³-hybridized carbons (Fsp3) is 0.0714. The number of rotatable bonds is 4. The molecule has 1 amide bonds. The van der Waals surface area contributed by atoms with E-state index >= 15 is 0 Å². The third kappa shape index (κ3) is 3.33. The number of carbonyl (C=O) groups is 2. The molecular formula is C14H12FN3O3. The van der Waals surface area contributed by atoms with Gasteiger partial charge < -0.3 is 15.7 Å². The third-order valence-electron chi connectivity index (χ3n) is 2.71. The topological polar surface area (TPSA) is 91.3 Å². The van der Waals surface area contributed by atoms with E-state index in [2.05, 4.69) is 15.6 Å². The molecule has 2 rings (SSSR count). The van der Waals surface area contributed by atoms with Crippen molar-refractivity contribution in [3.63, 3.8) is 0 Å². The molecule has 1 heterocycles. The second kappa shape index (κ2) is 6.00. The second-order valence-electron chi connectivity index (χ2n) is 4.13. The third-order valence-corrected chi connectivity index (χ3v) is 2.71. The number of aromatic nitrogens is 1. The number of halogens is 1. The number of carbonyl (C=O) groups excluding carboxylic acids is 1. The average Bonchev–Trinajstić information content (AvgIpc) is 2.46. The van der Waals surface area contributed by atoms with Crippen molar-refractivity contribution >= 4 is 23.3 Å². The first kappa shape index (κ1) is 14.4. The van der Waals surface area contributed by atoms with Gasteiger partial charge in [0.05, 0.1) is 5.56 Å². The van der Waals surface area contributed by atoms with E-state index in [0.717, 1.165) is 6.07 Å². The van der Waals surface area contributed by atoms with E-state index in [0.29, 0.717) is 11.4 Å². The summed E-state index contributed by atoms with van der Waals surface area (Å²) in [4.78, 5) is 26.1. The number of carboxylic acids is 1. The first-order chi connectivity index (χ1) is 10.0. The number of amides is 1. The maximum Gasteiger partial charge on any atom is 0.338 e. The van der Waals surface area contributed by atoms with Crippen molar-refractivity contribution in [1.29, 1.82) is 0 Å². The molecule has 0 spiro atoms. The van der Waals surface area contributed by atoms with Crippen LogP contribution in [0.4, 0.5) is 15.8 Å². The fourth-order valence-electron chi connectivity index (χ4n) is 1.69. The van der Waals surface area contributed by atoms with E-state index in [9.17, 15) is 14.0 Å². The van der Waals surface area contributed by atoms with Crippen LogP contribution in [0.2, 0.25) is 0 Å². The monoisotopic (exact) mass is 289 g/mol. The van der Waals surface area contributed by atoms with Gasteiger partial charge in [-0.1, -0.05) is 0 Å². The van der Waals surface area contributed by atoms with E-state index in [4.69, 9.17) is 5.11 Å². The van der Waals surface area contributed by atoms with Gasteiger partial charge in [0.25, 0.3) is 5.91 Å². The summed E-state index contributed by atoms with van der Waals surface area (Å²) in [6.45, 7) is 0. The molecule has 1 aromatic carbocycles. The number of nitrogens with one attached hydrogen (secondary N) is 2. The molecule has 3 N–H and O–H groups in total. The summed E-state index contributed by atoms with van der Waals surface area (Å²) in [7, 11) is 1.49. The summed E-state index contributed by atoms with van der Waals surface area (Å²) < 4.78 is 13.6. The quantitative estimate of drug-likeness (QED) is 0.801. The highest BCUT2D eigenvalue weighted by molar-refractivity contribution is 5.93. The second-order valence-corrected chi connectivity index (χ2v) is 4.13. The fourth-order valence-corrected chi connectivity index (χ4v) is 1.69. The standard InChI is InChI=1S/C14H12FN3O3/c1-16-13(19)12-7-9(4-5-17-12)18-8-2-3-10(14(20)21)11(15)6-8/h2-7H,1H3,(H,16,19)(H,17,18)(H,20,21). The number of carboxylic acid groups (broad SMARTS) is 1. The molecule has 7 heteroatoms. The molecule has 0 aliphatic heterocycles. The summed E-state index contributed by atoms with van der Waals surface area (Å²) in [5, 5.41) is 14.1. The molecule has 21 heavy (non-hydrogen) atoms. The molecule has 0 aliphatic carbocycles. The number of pyridine rings is 1. The molecule has 0 atom stereocenters. The van der Waals surface area contributed by atoms with Crippen LogP contribution in [0, 0.1) is 5.82 Å². The van der Waals surface area contributed by atoms with Gasteiger partial charge in [0.2, 0.25) is 0 Å². The van der Waals surface area contributed by atoms with Crippen LogP contribution < -0.4 is 10.6 Å². The predicted molar refractivity (Wildman–Crippen MR) is 74.3 cm³/mol. The molecule has 6 nitrogen and oxygen atoms in total. The van der Waals surface area contributed by atoms with Crippen LogP contribution in [-0.4, -0.2) is 29.0 Å². The summed E-state index contributed by atoms with van der Waals surface area (Å²) >= 11 is 0. The van der Waals surface area contributed by atoms with Crippen molar-refractivity contribution in [2.24, 2.45) is 0 Å². The highest BCUT2D eigenvalue weighted by Crippen LogP contribution is 2.19. The molecule has 0 radical (unpaired) electrons. The van der Waals surface area contributed by atoms with E-state index in [1.807, 2.05) is 0 Å². The van der Waals surface area contributed by atoms with Gasteiger partial charge in [0.15, 0.2) is 0 Å². The number of anilines is 2. The van der Waals surface area contributed by atoms with Crippen molar-refractivity contribution < 1.29 is 19.1 Å². The SMILES string of the molecule is CNC(=O)c1cc(Nc2ccc(C(=O)O)c(F)c2)ccn1. The summed E-state index contributed by atoms with van der Waals surface area (Å²) in [6.07, 6.45) is 1.44. The minimum Gasteiger partial charge on any atom is -0.478 e. The van der Waals surface area contributed by atoms with Crippen molar-refractivity contribution in [2.75, 3.05) is 12.4 Å². The lowest BCUT2D eigenvalue weighted by molar-refractivity contribution is 0.0691. The van der Waals surface area contributed by atoms with Crippen molar-refractivity contribution in [1.82, 2.24) is 10.3 Å². The molecule has 0 saturated carbocycles. The zero-order chi connectivity index (χ0) is 15.4. The van der Waals surface area contributed by atoms with Gasteiger partial charge in [-0.3, -0.25) is 9.78 Å². The summed E-state index contributed by atoms with van der Waals surface area (Å²) in [6, 6.07) is 6.79. The van der Waals surface area contributed by atoms with E-state index in [-0.39, 0.29) is 11.6 Å². The van der Waals surface area contributed by atoms with Gasteiger partial charge >= 0.3 is 5.97 Å². The van der Waals surface area contributed by atoms with Gasteiger partial charge in [-0.05, 0) is 30.3 Å². The minimum atomic E-state index is -1.33. The number of nitrogens with zero attached hydrogens (tertiary/aromatic N) is 1. The van der Waals surface area contributed by atoms with Crippen molar-refractivity contribution in [3.8, 4) is 0 Å². The van der Waals surface area contributed by atoms with Crippen molar-refractivity contribution in [2.45, 2.75) is 0 Å². The van der Waals surface area contributed by atoms with Gasteiger partial charge in [0.1, 0.15) is 11.5 Å². The van der Waals surface area contributed by atoms with E-state index in [1.165, 1.54) is 31.4 Å². The number of aromatic carboxylic acids is 1. The molecule has 0 aliphatic rings. The highest BCUT2D eigenvalue weighted by Gasteiger charge is 2.11. The van der Waals surface area contributed by atoms with E-state index in [1.54, 1.807) is 6.07 Å². The van der Waals surface area contributed by atoms with Crippen molar-refractivity contribution in [3.05, 3.63) is 53.6 Å². The molecule has 108 valence electrons. The molecule has 0 bridgehead atoms. The van der Waals surface area contributed by atoms with Gasteiger partial charge in [0, 0.05) is 24.6 Å². The van der Waals surface area contributed by atoms with Crippen LogP contribution in [0.25, 0.3) is 0 Å². The normalized spacial score (nSPS) is 10.0. The largest absolute Gasteiger partial charge is 0.478 e.